The maximum Gasteiger partial charge on any atom is 0.232 e. The van der Waals surface area contributed by atoms with Gasteiger partial charge < -0.3 is 29.0 Å². The summed E-state index contributed by atoms with van der Waals surface area (Å²) in [7, 11) is 3.25. The monoisotopic (exact) mass is 433 g/mol. The van der Waals surface area contributed by atoms with E-state index in [4.69, 9.17) is 13.9 Å². The van der Waals surface area contributed by atoms with Crippen LogP contribution in [0.25, 0.3) is 33.6 Å². The van der Waals surface area contributed by atoms with Crippen molar-refractivity contribution in [1.29, 1.82) is 0 Å². The SMILES string of the molecule is COc1ccc(-c2oc3ncnc(N4C[C@@H](O)[C@H](O)C4)c3c2-c2ccc(OC)cc2)cc1. The maximum absolute atomic E-state index is 10.1. The minimum absolute atomic E-state index is 0.276. The number of furan rings is 1. The van der Waals surface area contributed by atoms with Gasteiger partial charge in [-0.2, -0.15) is 0 Å². The third kappa shape index (κ3) is 3.43. The molecule has 1 saturated heterocycles. The van der Waals surface area contributed by atoms with Crippen molar-refractivity contribution in [2.75, 3.05) is 32.2 Å². The lowest BCUT2D eigenvalue weighted by Gasteiger charge is -2.17. The number of aliphatic hydroxyl groups is 2. The predicted molar refractivity (Wildman–Crippen MR) is 120 cm³/mol. The molecule has 0 radical (unpaired) electrons. The van der Waals surface area contributed by atoms with E-state index in [9.17, 15) is 10.2 Å². The van der Waals surface area contributed by atoms with Gasteiger partial charge in [0.15, 0.2) is 0 Å². The van der Waals surface area contributed by atoms with Crippen LogP contribution in [0.15, 0.2) is 59.3 Å². The van der Waals surface area contributed by atoms with Crippen LogP contribution in [0.4, 0.5) is 5.82 Å². The van der Waals surface area contributed by atoms with Crippen LogP contribution in [0.5, 0.6) is 11.5 Å². The second-order valence-electron chi connectivity index (χ2n) is 7.68. The van der Waals surface area contributed by atoms with Gasteiger partial charge in [-0.05, 0) is 42.0 Å². The molecule has 0 saturated carbocycles. The van der Waals surface area contributed by atoms with Gasteiger partial charge in [0.2, 0.25) is 5.71 Å². The largest absolute Gasteiger partial charge is 0.497 e. The number of methoxy groups -OCH3 is 2. The molecule has 1 fully saturated rings. The Morgan fingerprint density at radius 1 is 0.844 bits per heavy atom. The van der Waals surface area contributed by atoms with Crippen LogP contribution in [-0.4, -0.2) is 59.7 Å². The number of aliphatic hydroxyl groups excluding tert-OH is 2. The first-order chi connectivity index (χ1) is 15.6. The molecule has 164 valence electrons. The highest BCUT2D eigenvalue weighted by Gasteiger charge is 2.33. The quantitative estimate of drug-likeness (QED) is 0.495. The molecule has 2 aromatic carbocycles. The number of hydrogen-bond donors (Lipinski definition) is 2. The highest BCUT2D eigenvalue weighted by molar-refractivity contribution is 6.06. The number of benzene rings is 2. The van der Waals surface area contributed by atoms with Crippen LogP contribution < -0.4 is 14.4 Å². The molecule has 0 aliphatic carbocycles. The molecule has 8 nitrogen and oxygen atoms in total. The zero-order valence-corrected chi connectivity index (χ0v) is 17.7. The molecule has 8 heteroatoms. The second kappa shape index (κ2) is 8.14. The first kappa shape index (κ1) is 20.3. The number of anilines is 1. The molecule has 3 heterocycles. The van der Waals surface area contributed by atoms with E-state index in [-0.39, 0.29) is 13.1 Å². The van der Waals surface area contributed by atoms with E-state index < -0.39 is 12.2 Å². The minimum atomic E-state index is -0.836. The van der Waals surface area contributed by atoms with Crippen molar-refractivity contribution >= 4 is 16.9 Å². The molecule has 2 aromatic heterocycles. The van der Waals surface area contributed by atoms with Gasteiger partial charge in [-0.3, -0.25) is 0 Å². The molecule has 1 aliphatic heterocycles. The van der Waals surface area contributed by atoms with Gasteiger partial charge in [0.05, 0.1) is 31.8 Å². The Hall–Kier alpha value is -3.62. The van der Waals surface area contributed by atoms with Crippen LogP contribution in [0.1, 0.15) is 0 Å². The highest BCUT2D eigenvalue weighted by atomic mass is 16.5. The van der Waals surface area contributed by atoms with Crippen molar-refractivity contribution in [1.82, 2.24) is 9.97 Å². The number of aromatic nitrogens is 2. The number of rotatable bonds is 5. The molecule has 2 N–H and O–H groups in total. The first-order valence-electron chi connectivity index (χ1n) is 10.3. The Bertz CT molecular complexity index is 1230. The summed E-state index contributed by atoms with van der Waals surface area (Å²) in [5.41, 5.74) is 3.04. The predicted octanol–water partition coefficient (Wildman–Crippen LogP) is 3.12. The summed E-state index contributed by atoms with van der Waals surface area (Å²) in [6.07, 6.45) is -0.233. The highest BCUT2D eigenvalue weighted by Crippen LogP contribution is 2.44. The molecule has 4 aromatic rings. The Kier molecular flexibility index (Phi) is 5.16. The van der Waals surface area contributed by atoms with Crippen LogP contribution in [-0.2, 0) is 0 Å². The van der Waals surface area contributed by atoms with Crippen molar-refractivity contribution in [3.63, 3.8) is 0 Å². The first-order valence-corrected chi connectivity index (χ1v) is 10.3. The molecular weight excluding hydrogens is 410 g/mol. The zero-order valence-electron chi connectivity index (χ0n) is 17.7. The van der Waals surface area contributed by atoms with E-state index in [0.717, 1.165) is 33.6 Å². The van der Waals surface area contributed by atoms with Gasteiger partial charge in [-0.1, -0.05) is 12.1 Å². The summed E-state index contributed by atoms with van der Waals surface area (Å²) in [5.74, 6) is 2.75. The lowest BCUT2D eigenvalue weighted by Crippen LogP contribution is -2.22. The Morgan fingerprint density at radius 3 is 1.97 bits per heavy atom. The van der Waals surface area contributed by atoms with Gasteiger partial charge >= 0.3 is 0 Å². The average Bonchev–Trinajstić information content (AvgIpc) is 3.39. The third-order valence-electron chi connectivity index (χ3n) is 5.76. The summed E-state index contributed by atoms with van der Waals surface area (Å²) in [6, 6.07) is 15.3. The van der Waals surface area contributed by atoms with E-state index >= 15 is 0 Å². The summed E-state index contributed by atoms with van der Waals surface area (Å²) in [6.45, 7) is 0.552. The fraction of sp³-hybridized carbons (Fsp3) is 0.250. The smallest absolute Gasteiger partial charge is 0.232 e. The summed E-state index contributed by atoms with van der Waals surface area (Å²) in [5, 5.41) is 20.9. The van der Waals surface area contributed by atoms with Crippen molar-refractivity contribution in [2.45, 2.75) is 12.2 Å². The zero-order chi connectivity index (χ0) is 22.2. The molecule has 0 unspecified atom stereocenters. The van der Waals surface area contributed by atoms with Gasteiger partial charge in [0.25, 0.3) is 0 Å². The lowest BCUT2D eigenvalue weighted by atomic mass is 9.99. The molecule has 1 aliphatic rings. The normalized spacial score (nSPS) is 18.3. The van der Waals surface area contributed by atoms with Crippen molar-refractivity contribution in [3.05, 3.63) is 54.9 Å². The average molecular weight is 433 g/mol. The van der Waals surface area contributed by atoms with Gasteiger partial charge in [-0.25, -0.2) is 9.97 Å². The fourth-order valence-corrected chi connectivity index (χ4v) is 4.08. The molecule has 0 amide bonds. The molecule has 2 atom stereocenters. The van der Waals surface area contributed by atoms with Crippen molar-refractivity contribution in [3.8, 4) is 33.9 Å². The number of nitrogens with zero attached hydrogens (tertiary/aromatic N) is 3. The lowest BCUT2D eigenvalue weighted by molar-refractivity contribution is 0.0572. The number of β-amino-alcohol motifs (C(OH)–C–C–N with tert-alkyl or cyclic N) is 2. The van der Waals surface area contributed by atoms with E-state index in [0.29, 0.717) is 17.3 Å². The van der Waals surface area contributed by atoms with Crippen LogP contribution >= 0.6 is 0 Å². The summed E-state index contributed by atoms with van der Waals surface area (Å²) >= 11 is 0. The maximum atomic E-state index is 10.1. The standard InChI is InChI=1S/C24H23N3O5/c1-30-16-7-3-14(4-8-16)20-21-23(27-11-18(28)19(29)12-27)25-13-26-24(21)32-22(20)15-5-9-17(31-2)10-6-15/h3-10,13,18-19,28-29H,11-12H2,1-2H3/t18-,19-/m1/s1. The number of hydrogen-bond acceptors (Lipinski definition) is 8. The second-order valence-corrected chi connectivity index (χ2v) is 7.68. The third-order valence-corrected chi connectivity index (χ3v) is 5.76. The number of fused-ring (bicyclic) bond motifs is 1. The van der Waals surface area contributed by atoms with E-state index in [1.807, 2.05) is 53.4 Å². The van der Waals surface area contributed by atoms with E-state index in [2.05, 4.69) is 9.97 Å². The minimum Gasteiger partial charge on any atom is -0.497 e. The Balaban J connectivity index is 1.74. The van der Waals surface area contributed by atoms with Crippen molar-refractivity contribution < 1.29 is 24.1 Å². The molecule has 32 heavy (non-hydrogen) atoms. The van der Waals surface area contributed by atoms with Gasteiger partial charge in [0, 0.05) is 24.2 Å². The van der Waals surface area contributed by atoms with Crippen molar-refractivity contribution in [2.24, 2.45) is 0 Å². The van der Waals surface area contributed by atoms with Gasteiger partial charge in [0.1, 0.15) is 29.4 Å². The topological polar surface area (TPSA) is 101 Å². The van der Waals surface area contributed by atoms with Crippen LogP contribution in [0.2, 0.25) is 0 Å². The molecular formula is C24H23N3O5. The summed E-state index contributed by atoms with van der Waals surface area (Å²) < 4.78 is 16.9. The van der Waals surface area contributed by atoms with Crippen LogP contribution in [0, 0.1) is 0 Å². The van der Waals surface area contributed by atoms with Crippen LogP contribution in [0.3, 0.4) is 0 Å². The summed E-state index contributed by atoms with van der Waals surface area (Å²) in [4.78, 5) is 10.7. The Morgan fingerprint density at radius 2 is 1.41 bits per heavy atom. The molecule has 0 bridgehead atoms. The number of ether oxygens (including phenoxy) is 2. The molecule has 0 spiro atoms. The Labute approximate surface area is 184 Å². The fourth-order valence-electron chi connectivity index (χ4n) is 4.08. The molecule has 5 rings (SSSR count). The van der Waals surface area contributed by atoms with E-state index in [1.165, 1.54) is 6.33 Å². The van der Waals surface area contributed by atoms with E-state index in [1.54, 1.807) is 14.2 Å². The van der Waals surface area contributed by atoms with Gasteiger partial charge in [-0.15, -0.1) is 0 Å².